The first kappa shape index (κ1) is 11.8. The minimum Gasteiger partial charge on any atom is -0.313 e. The summed E-state index contributed by atoms with van der Waals surface area (Å²) < 4.78 is 0. The van der Waals surface area contributed by atoms with Crippen molar-refractivity contribution >= 4 is 8.07 Å². The van der Waals surface area contributed by atoms with Gasteiger partial charge in [-0.05, 0) is 0 Å². The molecule has 0 N–H and O–H groups in total. The van der Waals surface area contributed by atoms with Gasteiger partial charge in [-0.15, -0.1) is 0 Å². The van der Waals surface area contributed by atoms with E-state index in [1.807, 2.05) is 5.54 Å². The van der Waals surface area contributed by atoms with Gasteiger partial charge in [0.2, 0.25) is 0 Å². The van der Waals surface area contributed by atoms with E-state index in [0.29, 0.717) is 0 Å². The van der Waals surface area contributed by atoms with Gasteiger partial charge < -0.3 is 5.54 Å². The van der Waals surface area contributed by atoms with Gasteiger partial charge in [-0.25, -0.2) is 0 Å². The van der Waals surface area contributed by atoms with Gasteiger partial charge in [-0.2, -0.15) is 12.8 Å². The third-order valence-corrected chi connectivity index (χ3v) is 5.14. The largest absolute Gasteiger partial charge is 1.00 e. The van der Waals surface area contributed by atoms with Gasteiger partial charge in [-0.1, -0.05) is 47.0 Å². The fourth-order valence-corrected chi connectivity index (χ4v) is 3.58. The normalized spacial score (nSPS) is 21.0. The molecule has 0 aromatic heterocycles. The Balaban J connectivity index is 0.000001000. The number of hydrogen-bond acceptors (Lipinski definition) is 0. The summed E-state index contributed by atoms with van der Waals surface area (Å²) in [5, 5.41) is 0. The molecule has 0 amide bonds. The molecule has 0 atom stereocenters. The second-order valence-corrected chi connectivity index (χ2v) is 9.62. The van der Waals surface area contributed by atoms with Crippen LogP contribution < -0.4 is 18.9 Å². The van der Waals surface area contributed by atoms with Crippen molar-refractivity contribution in [3.8, 4) is 0 Å². The molecule has 0 saturated heterocycles. The van der Waals surface area contributed by atoms with Crippen LogP contribution in [0.15, 0.2) is 0 Å². The summed E-state index contributed by atoms with van der Waals surface area (Å²) in [6.45, 7) is 7.44. The molecule has 0 aromatic rings. The smallest absolute Gasteiger partial charge is 0.313 e. The molecular formula is C9H19LiSi. The molecule has 1 rings (SSSR count). The standard InChI is InChI=1S/C9H19Si.Li/c1-10(2,3)9-7-5-4-6-8-9;/h4-8H2,1-3H3;/q-1;+1. The topological polar surface area (TPSA) is 0 Å². The molecule has 0 nitrogen and oxygen atoms in total. The van der Waals surface area contributed by atoms with E-state index >= 15 is 0 Å². The number of rotatable bonds is 1. The van der Waals surface area contributed by atoms with Crippen LogP contribution in [0.5, 0.6) is 0 Å². The van der Waals surface area contributed by atoms with Crippen molar-refractivity contribution in [2.75, 3.05) is 0 Å². The van der Waals surface area contributed by atoms with Crippen molar-refractivity contribution in [1.29, 1.82) is 0 Å². The minimum atomic E-state index is -0.840. The summed E-state index contributed by atoms with van der Waals surface area (Å²) in [5.41, 5.74) is 1.93. The Labute approximate surface area is 84.3 Å². The molecule has 0 heterocycles. The number of hydrogen-bond donors (Lipinski definition) is 0. The van der Waals surface area contributed by atoms with Crippen LogP contribution >= 0.6 is 0 Å². The maximum absolute atomic E-state index is 2.48. The summed E-state index contributed by atoms with van der Waals surface area (Å²) in [7, 11) is -0.840. The molecular weight excluding hydrogens is 143 g/mol. The fourth-order valence-electron chi connectivity index (χ4n) is 1.73. The van der Waals surface area contributed by atoms with Crippen molar-refractivity contribution in [2.24, 2.45) is 0 Å². The van der Waals surface area contributed by atoms with E-state index in [1.54, 1.807) is 0 Å². The summed E-state index contributed by atoms with van der Waals surface area (Å²) in [4.78, 5) is 0. The van der Waals surface area contributed by atoms with E-state index in [-0.39, 0.29) is 18.9 Å². The molecule has 0 unspecified atom stereocenters. The van der Waals surface area contributed by atoms with Crippen LogP contribution in [0.2, 0.25) is 19.6 Å². The van der Waals surface area contributed by atoms with E-state index in [0.717, 1.165) is 0 Å². The molecule has 1 aliphatic rings. The quantitative estimate of drug-likeness (QED) is 0.387. The van der Waals surface area contributed by atoms with Gasteiger partial charge >= 0.3 is 18.9 Å². The zero-order valence-electron chi connectivity index (χ0n) is 8.54. The van der Waals surface area contributed by atoms with Gasteiger partial charge in [0.15, 0.2) is 0 Å². The minimum absolute atomic E-state index is 0. The monoisotopic (exact) mass is 162 g/mol. The first-order valence-electron chi connectivity index (χ1n) is 4.46. The van der Waals surface area contributed by atoms with Gasteiger partial charge in [-0.3, -0.25) is 0 Å². The molecule has 0 bridgehead atoms. The Morgan fingerprint density at radius 2 is 1.36 bits per heavy atom. The van der Waals surface area contributed by atoms with Gasteiger partial charge in [0.05, 0.1) is 0 Å². The Morgan fingerprint density at radius 1 is 0.909 bits per heavy atom. The summed E-state index contributed by atoms with van der Waals surface area (Å²) >= 11 is 0. The molecule has 0 radical (unpaired) electrons. The van der Waals surface area contributed by atoms with Crippen LogP contribution in [0, 0.1) is 5.54 Å². The van der Waals surface area contributed by atoms with E-state index in [9.17, 15) is 0 Å². The molecule has 0 spiro atoms. The van der Waals surface area contributed by atoms with Crippen LogP contribution in [-0.4, -0.2) is 8.07 Å². The van der Waals surface area contributed by atoms with E-state index in [2.05, 4.69) is 19.6 Å². The summed E-state index contributed by atoms with van der Waals surface area (Å²) in [6, 6.07) is 0. The average Bonchev–Trinajstić information content (AvgIpc) is 1.88. The predicted octanol–water partition coefficient (Wildman–Crippen LogP) is 0.406. The van der Waals surface area contributed by atoms with Gasteiger partial charge in [0, 0.05) is 0 Å². The van der Waals surface area contributed by atoms with Crippen molar-refractivity contribution in [2.45, 2.75) is 51.7 Å². The predicted molar refractivity (Wildman–Crippen MR) is 49.7 cm³/mol. The van der Waals surface area contributed by atoms with Gasteiger partial charge in [0.25, 0.3) is 0 Å². The molecule has 0 aromatic carbocycles. The third kappa shape index (κ3) is 3.83. The molecule has 1 aliphatic carbocycles. The van der Waals surface area contributed by atoms with Crippen LogP contribution in [0.25, 0.3) is 0 Å². The molecule has 1 saturated carbocycles. The van der Waals surface area contributed by atoms with Crippen LogP contribution in [0.4, 0.5) is 0 Å². The maximum atomic E-state index is 2.48. The zero-order valence-corrected chi connectivity index (χ0v) is 9.54. The Kier molecular flexibility index (Phi) is 5.10. The molecule has 0 aliphatic heterocycles. The van der Waals surface area contributed by atoms with Crippen molar-refractivity contribution in [3.63, 3.8) is 0 Å². The third-order valence-electron chi connectivity index (χ3n) is 2.52. The van der Waals surface area contributed by atoms with Crippen molar-refractivity contribution in [3.05, 3.63) is 5.54 Å². The summed E-state index contributed by atoms with van der Waals surface area (Å²) in [5.74, 6) is 0. The maximum Gasteiger partial charge on any atom is 1.00 e. The van der Waals surface area contributed by atoms with E-state index in [4.69, 9.17) is 0 Å². The molecule has 1 fully saturated rings. The Hall–Kier alpha value is 0.814. The van der Waals surface area contributed by atoms with Crippen LogP contribution in [-0.2, 0) is 0 Å². The molecule has 11 heavy (non-hydrogen) atoms. The first-order valence-corrected chi connectivity index (χ1v) is 7.96. The first-order chi connectivity index (χ1) is 4.61. The molecule has 2 heteroatoms. The van der Waals surface area contributed by atoms with Crippen molar-refractivity contribution in [1.82, 2.24) is 0 Å². The average molecular weight is 162 g/mol. The second-order valence-electron chi connectivity index (χ2n) is 4.41. The molecule has 60 valence electrons. The Bertz CT molecular complexity index is 101. The fraction of sp³-hybridized carbons (Fsp3) is 0.889. The van der Waals surface area contributed by atoms with Crippen LogP contribution in [0.3, 0.4) is 0 Å². The van der Waals surface area contributed by atoms with Crippen molar-refractivity contribution < 1.29 is 18.9 Å². The second kappa shape index (κ2) is 4.75. The van der Waals surface area contributed by atoms with Crippen LogP contribution in [0.1, 0.15) is 32.1 Å². The van der Waals surface area contributed by atoms with E-state index < -0.39 is 8.07 Å². The van der Waals surface area contributed by atoms with Gasteiger partial charge in [0.1, 0.15) is 0 Å². The Morgan fingerprint density at radius 3 is 1.64 bits per heavy atom. The van der Waals surface area contributed by atoms with E-state index in [1.165, 1.54) is 32.1 Å². The summed E-state index contributed by atoms with van der Waals surface area (Å²) in [6.07, 6.45) is 7.33. The SMILES string of the molecule is C[Si](C)(C)[C-]1CCCCC1.[Li+]. The zero-order chi connectivity index (χ0) is 7.61.